The van der Waals surface area contributed by atoms with Crippen molar-refractivity contribution < 1.29 is 57.1 Å². The molecule has 2 amide bonds. The summed E-state index contributed by atoms with van der Waals surface area (Å²) in [5, 5.41) is 5.15. The van der Waals surface area contributed by atoms with Gasteiger partial charge in [0.15, 0.2) is 11.9 Å². The first-order valence-electron chi connectivity index (χ1n) is 19.0. The van der Waals surface area contributed by atoms with Gasteiger partial charge in [-0.05, 0) is 30.5 Å². The standard InChI is InChI=1S/C43H47N3O12/c1-6-22-42-34(54-26(2)47)31-32-33(57-41(4,5)56-32)35(51-23-28-16-10-7-11-17-28)43(31,37(36(42)58-42)55-27(3)48)46-38(44-39(49)52-24-29-18-12-8-13-19-29)45-40(50)53-25-30-20-14-9-15-21-30/h6-21,31-37H,1,22-25H2,2-5H3,(H2,44,45,46,49,50)/t31-,32+,33+,34+,35+,36+,37+,42-,43-/m0/s1. The second-order valence-corrected chi connectivity index (χ2v) is 15.1. The first-order chi connectivity index (χ1) is 27.8. The van der Waals surface area contributed by atoms with Crippen LogP contribution < -0.4 is 10.6 Å². The molecule has 7 rings (SSSR count). The van der Waals surface area contributed by atoms with Gasteiger partial charge in [0.2, 0.25) is 5.96 Å². The van der Waals surface area contributed by atoms with Crippen LogP contribution in [0.4, 0.5) is 9.59 Å². The highest BCUT2D eigenvalue weighted by molar-refractivity contribution is 6.01. The maximum atomic E-state index is 13.6. The van der Waals surface area contributed by atoms with Crippen LogP contribution in [0.15, 0.2) is 109 Å². The number of carbonyl (C=O) groups is 4. The van der Waals surface area contributed by atoms with Crippen molar-refractivity contribution in [1.82, 2.24) is 10.6 Å². The number of esters is 2. The van der Waals surface area contributed by atoms with Gasteiger partial charge in [-0.3, -0.25) is 20.2 Å². The molecule has 2 aliphatic heterocycles. The molecule has 0 aromatic heterocycles. The first-order valence-corrected chi connectivity index (χ1v) is 19.0. The number of fused-ring (bicyclic) bond motifs is 4. The molecule has 2 N–H and O–H groups in total. The Morgan fingerprint density at radius 3 is 1.67 bits per heavy atom. The van der Waals surface area contributed by atoms with Gasteiger partial charge < -0.3 is 37.9 Å². The van der Waals surface area contributed by atoms with Crippen LogP contribution in [0, 0.1) is 5.92 Å². The summed E-state index contributed by atoms with van der Waals surface area (Å²) in [5.74, 6) is -3.93. The molecule has 3 aromatic carbocycles. The minimum absolute atomic E-state index is 0.0330. The lowest BCUT2D eigenvalue weighted by atomic mass is 9.64. The number of hydrogen-bond donors (Lipinski definition) is 2. The number of carbonyl (C=O) groups excluding carboxylic acids is 4. The fourth-order valence-electron chi connectivity index (χ4n) is 8.48. The van der Waals surface area contributed by atoms with E-state index >= 15 is 0 Å². The highest BCUT2D eigenvalue weighted by atomic mass is 16.8. The smallest absolute Gasteiger partial charge is 0.414 e. The Labute approximate surface area is 336 Å². The number of nitrogens with one attached hydrogen (secondary N) is 2. The molecule has 2 aliphatic carbocycles. The third-order valence-electron chi connectivity index (χ3n) is 10.6. The zero-order chi connectivity index (χ0) is 41.1. The van der Waals surface area contributed by atoms with E-state index in [1.807, 2.05) is 42.5 Å². The van der Waals surface area contributed by atoms with Crippen molar-refractivity contribution in [3.05, 3.63) is 120 Å². The van der Waals surface area contributed by atoms with Crippen LogP contribution in [-0.4, -0.2) is 83.6 Å². The second kappa shape index (κ2) is 16.7. The number of guanidine groups is 1. The van der Waals surface area contributed by atoms with E-state index in [0.717, 1.165) is 5.56 Å². The van der Waals surface area contributed by atoms with E-state index in [0.29, 0.717) is 11.1 Å². The van der Waals surface area contributed by atoms with E-state index in [4.69, 9.17) is 42.9 Å². The number of nitrogens with zero attached hydrogens (tertiary/aromatic N) is 1. The Morgan fingerprint density at radius 2 is 1.17 bits per heavy atom. The van der Waals surface area contributed by atoms with Crippen molar-refractivity contribution >= 4 is 30.1 Å². The Balaban J connectivity index is 1.37. The van der Waals surface area contributed by atoms with Crippen molar-refractivity contribution in [2.75, 3.05) is 0 Å². The van der Waals surface area contributed by atoms with E-state index in [-0.39, 0.29) is 26.2 Å². The lowest BCUT2D eigenvalue weighted by Gasteiger charge is -2.49. The van der Waals surface area contributed by atoms with E-state index in [1.54, 1.807) is 68.5 Å². The molecular formula is C43H47N3O12. The fourth-order valence-corrected chi connectivity index (χ4v) is 8.48. The quantitative estimate of drug-likeness (QED) is 0.0607. The average Bonchev–Trinajstić information content (AvgIpc) is 3.76. The van der Waals surface area contributed by atoms with Crippen molar-refractivity contribution in [2.45, 2.75) is 107 Å². The van der Waals surface area contributed by atoms with Gasteiger partial charge in [-0.1, -0.05) is 97.1 Å². The summed E-state index contributed by atoms with van der Waals surface area (Å²) >= 11 is 0. The summed E-state index contributed by atoms with van der Waals surface area (Å²) in [5.41, 5.74) is -0.847. The van der Waals surface area contributed by atoms with Gasteiger partial charge in [-0.15, -0.1) is 6.58 Å². The molecule has 306 valence electrons. The highest BCUT2D eigenvalue weighted by Crippen LogP contribution is 2.66. The molecule has 0 radical (unpaired) electrons. The molecule has 2 heterocycles. The van der Waals surface area contributed by atoms with Gasteiger partial charge >= 0.3 is 24.1 Å². The van der Waals surface area contributed by atoms with Crippen LogP contribution >= 0.6 is 0 Å². The summed E-state index contributed by atoms with van der Waals surface area (Å²) in [4.78, 5) is 58.5. The predicted octanol–water partition coefficient (Wildman–Crippen LogP) is 5.26. The Bertz CT molecular complexity index is 1950. The van der Waals surface area contributed by atoms with Crippen LogP contribution in [0.1, 0.15) is 50.8 Å². The van der Waals surface area contributed by atoms with Crippen LogP contribution in [0.2, 0.25) is 0 Å². The number of benzene rings is 3. The zero-order valence-corrected chi connectivity index (χ0v) is 32.7. The summed E-state index contributed by atoms with van der Waals surface area (Å²) in [6.45, 7) is 9.74. The van der Waals surface area contributed by atoms with E-state index < -0.39 is 89.6 Å². The largest absolute Gasteiger partial charge is 0.459 e. The van der Waals surface area contributed by atoms with Gasteiger partial charge in [0.1, 0.15) is 48.8 Å². The number of epoxide rings is 1. The molecule has 15 nitrogen and oxygen atoms in total. The number of hydrogen-bond acceptors (Lipinski definition) is 13. The van der Waals surface area contributed by atoms with Gasteiger partial charge in [0.25, 0.3) is 0 Å². The van der Waals surface area contributed by atoms with Gasteiger partial charge in [0.05, 0.1) is 18.6 Å². The first kappa shape index (κ1) is 40.6. The molecule has 58 heavy (non-hydrogen) atoms. The number of aliphatic imine (C=N–C) groups is 1. The Kier molecular flexibility index (Phi) is 11.7. The molecule has 9 atom stereocenters. The number of ether oxygens (including phenoxy) is 8. The topological polar surface area (TPSA) is 182 Å². The third kappa shape index (κ3) is 8.34. The van der Waals surface area contributed by atoms with Crippen LogP contribution in [0.3, 0.4) is 0 Å². The van der Waals surface area contributed by atoms with Crippen molar-refractivity contribution in [3.8, 4) is 0 Å². The number of rotatable bonds is 12. The summed E-state index contributed by atoms with van der Waals surface area (Å²) in [7, 11) is 0. The normalized spacial score (nSPS) is 29.6. The van der Waals surface area contributed by atoms with Crippen molar-refractivity contribution in [2.24, 2.45) is 10.9 Å². The molecule has 0 spiro atoms. The molecule has 0 unspecified atom stereocenters. The zero-order valence-electron chi connectivity index (χ0n) is 32.7. The van der Waals surface area contributed by atoms with Crippen LogP contribution in [-0.2, 0) is 67.3 Å². The molecule has 3 aromatic rings. The Morgan fingerprint density at radius 1 is 0.690 bits per heavy atom. The van der Waals surface area contributed by atoms with Gasteiger partial charge in [0, 0.05) is 20.3 Å². The van der Waals surface area contributed by atoms with E-state index in [9.17, 15) is 19.2 Å². The summed E-state index contributed by atoms with van der Waals surface area (Å²) < 4.78 is 49.9. The third-order valence-corrected chi connectivity index (χ3v) is 10.6. The highest BCUT2D eigenvalue weighted by Gasteiger charge is 2.85. The van der Waals surface area contributed by atoms with Gasteiger partial charge in [-0.2, -0.15) is 0 Å². The molecule has 2 saturated carbocycles. The van der Waals surface area contributed by atoms with E-state index in [2.05, 4.69) is 17.2 Å². The lowest BCUT2D eigenvalue weighted by Crippen LogP contribution is -2.69. The fraction of sp³-hybridized carbons (Fsp3) is 0.419. The molecule has 0 bridgehead atoms. The second-order valence-electron chi connectivity index (χ2n) is 15.1. The molecule has 4 fully saturated rings. The van der Waals surface area contributed by atoms with Gasteiger partial charge in [-0.25, -0.2) is 14.6 Å². The molecule has 2 saturated heterocycles. The average molecular weight is 798 g/mol. The Hall–Kier alpha value is -5.61. The SMILES string of the molecule is C=CC[C@@]12O[C@@H]1[C@@H](OC(C)=O)[C@]1(N=C(NC(=O)OCc3ccccc3)NC(=O)OCc3ccccc3)[C@@H]([C@H]3OC(C)(C)O[C@H]3[C@H]1OCc1ccccc1)[C@H]2OC(C)=O. The monoisotopic (exact) mass is 797 g/mol. The molecule has 15 heteroatoms. The summed E-state index contributed by atoms with van der Waals surface area (Å²) in [6, 6.07) is 27.3. The summed E-state index contributed by atoms with van der Waals surface area (Å²) in [6.07, 6.45) is -6.39. The molecular weight excluding hydrogens is 750 g/mol. The minimum atomic E-state index is -1.84. The number of alkyl carbamates (subject to hydrolysis) is 2. The van der Waals surface area contributed by atoms with E-state index in [1.165, 1.54) is 13.8 Å². The maximum Gasteiger partial charge on any atom is 0.414 e. The minimum Gasteiger partial charge on any atom is -0.459 e. The number of amides is 2. The predicted molar refractivity (Wildman–Crippen MR) is 206 cm³/mol. The van der Waals surface area contributed by atoms with Crippen LogP contribution in [0.5, 0.6) is 0 Å². The van der Waals surface area contributed by atoms with Crippen molar-refractivity contribution in [1.29, 1.82) is 0 Å². The molecule has 4 aliphatic rings. The van der Waals surface area contributed by atoms with Crippen molar-refractivity contribution in [3.63, 3.8) is 0 Å². The maximum absolute atomic E-state index is 13.6. The van der Waals surface area contributed by atoms with Crippen LogP contribution in [0.25, 0.3) is 0 Å². The lowest BCUT2D eigenvalue weighted by molar-refractivity contribution is -0.215.